The molecule has 4 aromatic rings. The van der Waals surface area contributed by atoms with Gasteiger partial charge in [0.05, 0.1) is 11.4 Å². The number of hydrogen-bond acceptors (Lipinski definition) is 5. The summed E-state index contributed by atoms with van der Waals surface area (Å²) in [5, 5.41) is 17.5. The van der Waals surface area contributed by atoms with Gasteiger partial charge in [0.25, 0.3) is 0 Å². The predicted molar refractivity (Wildman–Crippen MR) is 112 cm³/mol. The van der Waals surface area contributed by atoms with Crippen molar-refractivity contribution in [2.24, 2.45) is 0 Å². The number of halogens is 2. The number of benzene rings is 2. The molecule has 6 nitrogen and oxygen atoms in total. The van der Waals surface area contributed by atoms with Crippen LogP contribution in [0.1, 0.15) is 0 Å². The number of carbonyl (C=O) groups excluding carboxylic acids is 1. The van der Waals surface area contributed by atoms with Gasteiger partial charge in [-0.1, -0.05) is 47.1 Å². The monoisotopic (exact) mass is 429 g/mol. The van der Waals surface area contributed by atoms with Crippen LogP contribution >= 0.6 is 35.0 Å². The van der Waals surface area contributed by atoms with Crippen LogP contribution in [-0.2, 0) is 4.79 Å². The van der Waals surface area contributed by atoms with Crippen molar-refractivity contribution in [1.29, 1.82) is 0 Å². The summed E-state index contributed by atoms with van der Waals surface area (Å²) in [6.45, 7) is 0. The molecule has 2 aromatic heterocycles. The van der Waals surface area contributed by atoms with E-state index in [9.17, 15) is 4.79 Å². The average Bonchev–Trinajstić information content (AvgIpc) is 3.11. The second kappa shape index (κ2) is 8.18. The summed E-state index contributed by atoms with van der Waals surface area (Å²) >= 11 is 13.1. The third-order valence-corrected chi connectivity index (χ3v) is 5.26. The quantitative estimate of drug-likeness (QED) is 0.460. The molecular weight excluding hydrogens is 417 g/mol. The largest absolute Gasteiger partial charge is 0.325 e. The zero-order valence-electron chi connectivity index (χ0n) is 14.3. The Hall–Kier alpha value is -2.61. The summed E-state index contributed by atoms with van der Waals surface area (Å²) in [5.41, 5.74) is 2.98. The lowest BCUT2D eigenvalue weighted by molar-refractivity contribution is -0.113. The minimum atomic E-state index is -0.155. The van der Waals surface area contributed by atoms with E-state index in [2.05, 4.69) is 20.6 Å². The van der Waals surface area contributed by atoms with Gasteiger partial charge in [0.15, 0.2) is 5.65 Å². The van der Waals surface area contributed by atoms with E-state index in [0.29, 0.717) is 26.5 Å². The van der Waals surface area contributed by atoms with E-state index in [0.717, 1.165) is 11.3 Å². The van der Waals surface area contributed by atoms with Crippen molar-refractivity contribution in [3.63, 3.8) is 0 Å². The topological polar surface area (TPSA) is 72.2 Å². The number of anilines is 1. The predicted octanol–water partition coefficient (Wildman–Crippen LogP) is 4.83. The molecule has 0 saturated heterocycles. The molecule has 0 aliphatic rings. The number of nitrogens with zero attached hydrogens (tertiary/aromatic N) is 4. The number of amides is 1. The second-order valence-corrected chi connectivity index (χ2v) is 7.64. The van der Waals surface area contributed by atoms with Crippen LogP contribution in [0.3, 0.4) is 0 Å². The molecule has 0 unspecified atom stereocenters. The van der Waals surface area contributed by atoms with Gasteiger partial charge < -0.3 is 5.32 Å². The fourth-order valence-corrected chi connectivity index (χ4v) is 3.43. The van der Waals surface area contributed by atoms with Crippen molar-refractivity contribution in [2.75, 3.05) is 11.1 Å². The molecule has 0 aliphatic carbocycles. The van der Waals surface area contributed by atoms with Crippen LogP contribution in [0.2, 0.25) is 10.0 Å². The Morgan fingerprint density at radius 1 is 0.929 bits per heavy atom. The van der Waals surface area contributed by atoms with Crippen molar-refractivity contribution in [1.82, 2.24) is 19.8 Å². The first-order valence-electron chi connectivity index (χ1n) is 8.25. The van der Waals surface area contributed by atoms with Crippen LogP contribution in [0.4, 0.5) is 5.69 Å². The molecule has 9 heteroatoms. The summed E-state index contributed by atoms with van der Waals surface area (Å²) in [4.78, 5) is 12.2. The summed E-state index contributed by atoms with van der Waals surface area (Å²) in [6.07, 6.45) is 0. The molecule has 2 aromatic carbocycles. The smallest absolute Gasteiger partial charge is 0.234 e. The molecule has 0 saturated carbocycles. The van der Waals surface area contributed by atoms with Crippen molar-refractivity contribution >= 4 is 52.2 Å². The number of thioether (sulfide) groups is 1. The normalized spacial score (nSPS) is 10.9. The van der Waals surface area contributed by atoms with Gasteiger partial charge in [0.1, 0.15) is 0 Å². The van der Waals surface area contributed by atoms with E-state index in [4.69, 9.17) is 23.2 Å². The van der Waals surface area contributed by atoms with Gasteiger partial charge >= 0.3 is 0 Å². The molecule has 0 atom stereocenters. The highest BCUT2D eigenvalue weighted by Crippen LogP contribution is 2.22. The van der Waals surface area contributed by atoms with E-state index in [1.165, 1.54) is 11.8 Å². The maximum Gasteiger partial charge on any atom is 0.234 e. The van der Waals surface area contributed by atoms with E-state index in [1.54, 1.807) is 28.8 Å². The van der Waals surface area contributed by atoms with E-state index < -0.39 is 0 Å². The first-order chi connectivity index (χ1) is 13.6. The Morgan fingerprint density at radius 2 is 1.61 bits per heavy atom. The van der Waals surface area contributed by atoms with Crippen LogP contribution in [0.5, 0.6) is 0 Å². The lowest BCUT2D eigenvalue weighted by Crippen LogP contribution is -2.14. The van der Waals surface area contributed by atoms with Gasteiger partial charge in [0.2, 0.25) is 11.1 Å². The van der Waals surface area contributed by atoms with Gasteiger partial charge in [-0.25, -0.2) is 0 Å². The minimum Gasteiger partial charge on any atom is -0.325 e. The fraction of sp³-hybridized carbons (Fsp3) is 0.0526. The highest BCUT2D eigenvalue weighted by Gasteiger charge is 2.12. The van der Waals surface area contributed by atoms with Gasteiger partial charge in [0, 0.05) is 21.3 Å². The molecule has 0 radical (unpaired) electrons. The Labute approximate surface area is 174 Å². The number of fused-ring (bicyclic) bond motifs is 1. The minimum absolute atomic E-state index is 0.155. The van der Waals surface area contributed by atoms with E-state index in [1.807, 2.05) is 36.4 Å². The molecule has 1 amide bonds. The highest BCUT2D eigenvalue weighted by molar-refractivity contribution is 7.99. The SMILES string of the molecule is O=C(CSc1nnc2ccc(-c3ccc(Cl)cc3)nn12)Nc1ccc(Cl)cc1. The maximum absolute atomic E-state index is 12.2. The molecule has 1 N–H and O–H groups in total. The Morgan fingerprint density at radius 3 is 2.32 bits per heavy atom. The van der Waals surface area contributed by atoms with Crippen LogP contribution in [0.15, 0.2) is 65.8 Å². The first kappa shape index (κ1) is 18.7. The number of carbonyl (C=O) groups is 1. The number of aromatic nitrogens is 4. The zero-order chi connectivity index (χ0) is 19.5. The first-order valence-corrected chi connectivity index (χ1v) is 9.99. The lowest BCUT2D eigenvalue weighted by Gasteiger charge is -2.05. The van der Waals surface area contributed by atoms with Crippen LogP contribution in [0.25, 0.3) is 16.9 Å². The van der Waals surface area contributed by atoms with Crippen molar-refractivity contribution in [3.05, 3.63) is 70.7 Å². The lowest BCUT2D eigenvalue weighted by atomic mass is 10.1. The molecule has 4 rings (SSSR count). The highest BCUT2D eigenvalue weighted by atomic mass is 35.5. The summed E-state index contributed by atoms with van der Waals surface area (Å²) in [7, 11) is 0. The van der Waals surface area contributed by atoms with Crippen LogP contribution < -0.4 is 5.32 Å². The van der Waals surface area contributed by atoms with E-state index in [-0.39, 0.29) is 11.7 Å². The van der Waals surface area contributed by atoms with Gasteiger partial charge in [-0.3, -0.25) is 4.79 Å². The molecule has 0 spiro atoms. The van der Waals surface area contributed by atoms with E-state index >= 15 is 0 Å². The van der Waals surface area contributed by atoms with Gasteiger partial charge in [-0.2, -0.15) is 9.61 Å². The Kier molecular flexibility index (Phi) is 5.47. The molecule has 0 bridgehead atoms. The molecule has 140 valence electrons. The van der Waals surface area contributed by atoms with Gasteiger partial charge in [-0.15, -0.1) is 10.2 Å². The van der Waals surface area contributed by atoms with Crippen LogP contribution in [0, 0.1) is 0 Å². The fourth-order valence-electron chi connectivity index (χ4n) is 2.49. The summed E-state index contributed by atoms with van der Waals surface area (Å²) in [6, 6.07) is 18.1. The number of nitrogens with one attached hydrogen (secondary N) is 1. The zero-order valence-corrected chi connectivity index (χ0v) is 16.7. The van der Waals surface area contributed by atoms with Crippen molar-refractivity contribution in [3.8, 4) is 11.3 Å². The maximum atomic E-state index is 12.2. The average molecular weight is 430 g/mol. The van der Waals surface area contributed by atoms with Crippen LogP contribution in [-0.4, -0.2) is 31.5 Å². The summed E-state index contributed by atoms with van der Waals surface area (Å²) in [5.74, 6) is 0.0222. The third-order valence-electron chi connectivity index (χ3n) is 3.83. The number of hydrogen-bond donors (Lipinski definition) is 1. The van der Waals surface area contributed by atoms with Gasteiger partial charge in [-0.05, 0) is 48.5 Å². The summed E-state index contributed by atoms with van der Waals surface area (Å²) < 4.78 is 1.63. The van der Waals surface area contributed by atoms with Crippen molar-refractivity contribution < 1.29 is 4.79 Å². The molecule has 2 heterocycles. The second-order valence-electron chi connectivity index (χ2n) is 5.82. The molecule has 0 aliphatic heterocycles. The van der Waals surface area contributed by atoms with Crippen molar-refractivity contribution in [2.45, 2.75) is 5.16 Å². The molecule has 28 heavy (non-hydrogen) atoms. The molecular formula is C19H13Cl2N5OS. The third kappa shape index (κ3) is 4.27. The Bertz CT molecular complexity index is 1130. The standard InChI is InChI=1S/C19H13Cl2N5OS/c20-13-3-1-12(2-4-13)16-9-10-17-23-24-19(26(17)25-16)28-11-18(27)22-15-7-5-14(21)6-8-15/h1-10H,11H2,(H,22,27). The number of rotatable bonds is 5. The Balaban J connectivity index is 1.49. The molecule has 0 fully saturated rings.